The fourth-order valence-electron chi connectivity index (χ4n) is 2.55. The van der Waals surface area contributed by atoms with E-state index in [4.69, 9.17) is 10.5 Å². The van der Waals surface area contributed by atoms with Crippen molar-refractivity contribution in [2.75, 3.05) is 13.7 Å². The lowest BCUT2D eigenvalue weighted by Gasteiger charge is -2.04. The van der Waals surface area contributed by atoms with E-state index in [0.717, 1.165) is 16.9 Å². The number of nitrogens with two attached hydrogens (primary N) is 1. The summed E-state index contributed by atoms with van der Waals surface area (Å²) in [5.74, 6) is 1.46. The van der Waals surface area contributed by atoms with Crippen LogP contribution in [0.15, 0.2) is 48.5 Å². The molecule has 4 nitrogen and oxygen atoms in total. The summed E-state index contributed by atoms with van der Waals surface area (Å²) < 4.78 is 7.01. The molecule has 0 saturated heterocycles. The first-order chi connectivity index (χ1) is 10.2. The lowest BCUT2D eigenvalue weighted by molar-refractivity contribution is -0.526. The third-order valence-corrected chi connectivity index (χ3v) is 3.74. The van der Waals surface area contributed by atoms with Gasteiger partial charge in [0.1, 0.15) is 18.8 Å². The van der Waals surface area contributed by atoms with Crippen LogP contribution in [0.4, 0.5) is 0 Å². The molecule has 0 radical (unpaired) electrons. The Balaban J connectivity index is 1.78. The third kappa shape index (κ3) is 2.52. The maximum Gasteiger partial charge on any atom is 0.276 e. The normalized spacial score (nSPS) is 13.2. The minimum Gasteiger partial charge on any atom is -0.497 e. The summed E-state index contributed by atoms with van der Waals surface area (Å²) in [6, 6.07) is 15.1. The van der Waals surface area contributed by atoms with Crippen molar-refractivity contribution in [3.63, 3.8) is 0 Å². The number of ether oxygens (including phenoxy) is 1. The predicted octanol–water partition coefficient (Wildman–Crippen LogP) is 1.81. The Morgan fingerprint density at radius 1 is 1.19 bits per heavy atom. The average molecular weight is 281 g/mol. The predicted molar refractivity (Wildman–Crippen MR) is 80.9 cm³/mol. The maximum atomic E-state index is 12.3. The zero-order chi connectivity index (χ0) is 14.8. The molecule has 0 atom stereocenters. The van der Waals surface area contributed by atoms with E-state index in [9.17, 15) is 4.79 Å². The number of carbonyl (C=O) groups excluding carboxylic acids is 1. The molecular formula is C17H17N2O2+. The highest BCUT2D eigenvalue weighted by atomic mass is 16.5. The second-order valence-electron chi connectivity index (χ2n) is 5.05. The fraction of sp³-hybridized carbons (Fsp3) is 0.176. The van der Waals surface area contributed by atoms with Crippen LogP contribution >= 0.6 is 0 Å². The molecule has 0 amide bonds. The van der Waals surface area contributed by atoms with Gasteiger partial charge in [0.2, 0.25) is 5.78 Å². The van der Waals surface area contributed by atoms with E-state index in [2.05, 4.69) is 0 Å². The van der Waals surface area contributed by atoms with E-state index in [1.807, 2.05) is 28.8 Å². The van der Waals surface area contributed by atoms with E-state index in [0.29, 0.717) is 17.9 Å². The Bertz CT molecular complexity index is 718. The first-order valence-electron chi connectivity index (χ1n) is 6.82. The minimum absolute atomic E-state index is 0.0495. The van der Waals surface area contributed by atoms with Gasteiger partial charge in [0.15, 0.2) is 0 Å². The lowest BCUT2D eigenvalue weighted by atomic mass is 10.1. The molecule has 106 valence electrons. The summed E-state index contributed by atoms with van der Waals surface area (Å²) in [6.45, 7) is 0.969. The average Bonchev–Trinajstić information content (AvgIpc) is 2.84. The molecule has 0 fully saturated rings. The molecule has 0 aromatic heterocycles. The summed E-state index contributed by atoms with van der Waals surface area (Å²) in [5, 5.41) is 0. The van der Waals surface area contributed by atoms with Gasteiger partial charge in [-0.3, -0.25) is 10.5 Å². The van der Waals surface area contributed by atoms with E-state index >= 15 is 0 Å². The highest BCUT2D eigenvalue weighted by Gasteiger charge is 2.25. The summed E-state index contributed by atoms with van der Waals surface area (Å²) in [7, 11) is 1.61. The number of hydrogen-bond donors (Lipinski definition) is 1. The van der Waals surface area contributed by atoms with Gasteiger partial charge in [-0.2, -0.15) is 0 Å². The summed E-state index contributed by atoms with van der Waals surface area (Å²) in [6.07, 6.45) is 0. The Morgan fingerprint density at radius 2 is 1.90 bits per heavy atom. The zero-order valence-electron chi connectivity index (χ0n) is 11.9. The Kier molecular flexibility index (Phi) is 3.44. The van der Waals surface area contributed by atoms with Gasteiger partial charge in [-0.15, -0.1) is 0 Å². The Morgan fingerprint density at radius 3 is 2.57 bits per heavy atom. The van der Waals surface area contributed by atoms with Crippen LogP contribution in [0.3, 0.4) is 0 Å². The largest absolute Gasteiger partial charge is 0.497 e. The molecule has 2 N–H and O–H groups in total. The number of amidine groups is 1. The Hall–Kier alpha value is -2.62. The fourth-order valence-corrected chi connectivity index (χ4v) is 2.55. The van der Waals surface area contributed by atoms with Crippen molar-refractivity contribution in [1.29, 1.82) is 0 Å². The second-order valence-corrected chi connectivity index (χ2v) is 5.05. The molecule has 1 heterocycles. The van der Waals surface area contributed by atoms with Crippen LogP contribution in [0.25, 0.3) is 0 Å². The number of ketones is 1. The van der Waals surface area contributed by atoms with Crippen molar-refractivity contribution in [1.82, 2.24) is 0 Å². The molecule has 0 saturated carbocycles. The van der Waals surface area contributed by atoms with Crippen LogP contribution in [0.5, 0.6) is 5.75 Å². The molecule has 4 heteroatoms. The zero-order valence-corrected chi connectivity index (χ0v) is 11.9. The van der Waals surface area contributed by atoms with Crippen molar-refractivity contribution in [3.05, 3.63) is 65.2 Å². The standard InChI is InChI=1S/C17H16N2O2/c1-21-14-8-6-12(7-9-14)16(20)11-19-10-13-4-2-3-5-15(13)17(19)18/h2-9,18H,10-11H2,1H3/p+1. The number of benzene rings is 2. The molecule has 21 heavy (non-hydrogen) atoms. The lowest BCUT2D eigenvalue weighted by Crippen LogP contribution is -2.28. The number of Topliss-reactive ketones (excluding diaryl/α,β-unsaturated/α-hetero) is 1. The van der Waals surface area contributed by atoms with Gasteiger partial charge in [0, 0.05) is 11.1 Å². The van der Waals surface area contributed by atoms with E-state index in [1.54, 1.807) is 31.4 Å². The SMILES string of the molecule is COc1ccc(C(=O)C[N+]2=C(N)c3ccccc3C2)cc1. The number of fused-ring (bicyclic) bond motifs is 1. The molecule has 0 aliphatic carbocycles. The molecule has 2 aromatic rings. The van der Waals surface area contributed by atoms with Crippen LogP contribution in [-0.4, -0.2) is 29.8 Å². The molecule has 1 aliphatic heterocycles. The molecule has 0 unspecified atom stereocenters. The van der Waals surface area contributed by atoms with Gasteiger partial charge < -0.3 is 4.74 Å². The summed E-state index contributed by atoms with van der Waals surface area (Å²) >= 11 is 0. The van der Waals surface area contributed by atoms with E-state index in [1.165, 1.54) is 0 Å². The smallest absolute Gasteiger partial charge is 0.276 e. The first kappa shape index (κ1) is 13.4. The van der Waals surface area contributed by atoms with E-state index < -0.39 is 0 Å². The van der Waals surface area contributed by atoms with Gasteiger partial charge in [-0.1, -0.05) is 18.2 Å². The second kappa shape index (κ2) is 5.40. The Labute approximate surface area is 123 Å². The topological polar surface area (TPSA) is 55.3 Å². The maximum absolute atomic E-state index is 12.3. The van der Waals surface area contributed by atoms with Crippen LogP contribution in [0.2, 0.25) is 0 Å². The van der Waals surface area contributed by atoms with Crippen molar-refractivity contribution in [3.8, 4) is 5.75 Å². The first-order valence-corrected chi connectivity index (χ1v) is 6.82. The van der Waals surface area contributed by atoms with Crippen LogP contribution in [0.1, 0.15) is 21.5 Å². The van der Waals surface area contributed by atoms with Gasteiger partial charge in [-0.25, -0.2) is 4.58 Å². The van der Waals surface area contributed by atoms with Crippen molar-refractivity contribution >= 4 is 11.6 Å². The summed E-state index contributed by atoms with van der Waals surface area (Å²) in [5.41, 5.74) is 8.99. The van der Waals surface area contributed by atoms with E-state index in [-0.39, 0.29) is 12.3 Å². The van der Waals surface area contributed by atoms with Crippen molar-refractivity contribution in [2.24, 2.45) is 5.73 Å². The van der Waals surface area contributed by atoms with Crippen molar-refractivity contribution < 1.29 is 14.1 Å². The van der Waals surface area contributed by atoms with Crippen LogP contribution in [-0.2, 0) is 6.54 Å². The number of nitrogens with zero attached hydrogens (tertiary/aromatic N) is 1. The number of rotatable bonds is 4. The molecule has 1 aliphatic rings. The quantitative estimate of drug-likeness (QED) is 0.687. The molecule has 3 rings (SSSR count). The highest BCUT2D eigenvalue weighted by Crippen LogP contribution is 2.17. The monoisotopic (exact) mass is 281 g/mol. The molecule has 0 bridgehead atoms. The minimum atomic E-state index is 0.0495. The molecule has 2 aromatic carbocycles. The molecular weight excluding hydrogens is 264 g/mol. The van der Waals surface area contributed by atoms with Crippen LogP contribution in [0, 0.1) is 0 Å². The van der Waals surface area contributed by atoms with Gasteiger partial charge in [-0.05, 0) is 30.3 Å². The highest BCUT2D eigenvalue weighted by molar-refractivity contribution is 6.00. The number of methoxy groups -OCH3 is 1. The third-order valence-electron chi connectivity index (χ3n) is 3.74. The number of hydrogen-bond acceptors (Lipinski definition) is 3. The molecule has 0 spiro atoms. The van der Waals surface area contributed by atoms with Crippen LogP contribution < -0.4 is 10.5 Å². The number of carbonyl (C=O) groups is 1. The summed E-state index contributed by atoms with van der Waals surface area (Å²) in [4.78, 5) is 12.3. The van der Waals surface area contributed by atoms with Gasteiger partial charge in [0.25, 0.3) is 5.84 Å². The van der Waals surface area contributed by atoms with Gasteiger partial charge in [0.05, 0.1) is 12.7 Å². The van der Waals surface area contributed by atoms with Crippen molar-refractivity contribution in [2.45, 2.75) is 6.54 Å². The van der Waals surface area contributed by atoms with Gasteiger partial charge >= 0.3 is 0 Å².